The van der Waals surface area contributed by atoms with Gasteiger partial charge in [-0.2, -0.15) is 4.31 Å². The number of hydrogen-bond donors (Lipinski definition) is 1. The lowest BCUT2D eigenvalue weighted by molar-refractivity contribution is -0.120. The van der Waals surface area contributed by atoms with E-state index < -0.39 is 33.5 Å². The number of benzene rings is 1. The number of nitrogens with zero attached hydrogens (tertiary/aromatic N) is 1. The lowest BCUT2D eigenvalue weighted by Crippen LogP contribution is -2.43. The summed E-state index contributed by atoms with van der Waals surface area (Å²) in [5.74, 6) is -2.54. The second-order valence-electron chi connectivity index (χ2n) is 5.75. The maximum atomic E-state index is 13.7. The first-order valence-corrected chi connectivity index (χ1v) is 9.99. The summed E-state index contributed by atoms with van der Waals surface area (Å²) in [6.07, 6.45) is 1.01. The van der Waals surface area contributed by atoms with Gasteiger partial charge in [0.25, 0.3) is 10.0 Å². The van der Waals surface area contributed by atoms with E-state index in [4.69, 9.17) is 0 Å². The van der Waals surface area contributed by atoms with Crippen molar-refractivity contribution in [3.8, 4) is 0 Å². The van der Waals surface area contributed by atoms with E-state index >= 15 is 0 Å². The third-order valence-electron chi connectivity index (χ3n) is 4.03. The summed E-state index contributed by atoms with van der Waals surface area (Å²) < 4.78 is 53.5. The third kappa shape index (κ3) is 3.88. The van der Waals surface area contributed by atoms with Crippen molar-refractivity contribution in [2.24, 2.45) is 5.92 Å². The molecule has 1 aromatic heterocycles. The Labute approximate surface area is 148 Å². The molecule has 134 valence electrons. The number of rotatable bonds is 4. The van der Waals surface area contributed by atoms with Crippen molar-refractivity contribution < 1.29 is 22.0 Å². The van der Waals surface area contributed by atoms with Crippen LogP contribution in [0, 0.1) is 17.6 Å². The highest BCUT2D eigenvalue weighted by Gasteiger charge is 2.34. The Bertz CT molecular complexity index is 870. The molecular weight excluding hydrogens is 370 g/mol. The SMILES string of the molecule is O=C(Nc1cc(F)ccc1F)[C@@H]1CCCN(S(=O)(=O)c2cccs2)C1. The van der Waals surface area contributed by atoms with Gasteiger partial charge in [0.2, 0.25) is 5.91 Å². The summed E-state index contributed by atoms with van der Waals surface area (Å²) in [4.78, 5) is 12.4. The summed E-state index contributed by atoms with van der Waals surface area (Å²) in [6.45, 7) is 0.349. The molecule has 1 aliphatic heterocycles. The smallest absolute Gasteiger partial charge is 0.252 e. The van der Waals surface area contributed by atoms with Gasteiger partial charge >= 0.3 is 0 Å². The van der Waals surface area contributed by atoms with E-state index in [1.807, 2.05) is 0 Å². The maximum absolute atomic E-state index is 13.7. The molecule has 0 spiro atoms. The fraction of sp³-hybridized carbons (Fsp3) is 0.312. The second kappa shape index (κ2) is 7.19. The minimum absolute atomic E-state index is 0.0169. The molecule has 1 aliphatic rings. The van der Waals surface area contributed by atoms with Crippen molar-refractivity contribution in [2.75, 3.05) is 18.4 Å². The largest absolute Gasteiger partial charge is 0.323 e. The lowest BCUT2D eigenvalue weighted by atomic mass is 9.98. The molecule has 3 rings (SSSR count). The van der Waals surface area contributed by atoms with E-state index in [1.54, 1.807) is 11.4 Å². The number of piperidine rings is 1. The minimum atomic E-state index is -3.64. The molecule has 0 saturated carbocycles. The fourth-order valence-electron chi connectivity index (χ4n) is 2.74. The van der Waals surface area contributed by atoms with Gasteiger partial charge in [-0.05, 0) is 36.4 Å². The van der Waals surface area contributed by atoms with Crippen LogP contribution >= 0.6 is 11.3 Å². The van der Waals surface area contributed by atoms with Crippen molar-refractivity contribution in [3.63, 3.8) is 0 Å². The van der Waals surface area contributed by atoms with Crippen LogP contribution in [0.25, 0.3) is 0 Å². The van der Waals surface area contributed by atoms with Gasteiger partial charge in [0, 0.05) is 19.2 Å². The zero-order chi connectivity index (χ0) is 18.0. The van der Waals surface area contributed by atoms with Crippen molar-refractivity contribution in [1.82, 2.24) is 4.31 Å². The lowest BCUT2D eigenvalue weighted by Gasteiger charge is -2.30. The molecule has 0 bridgehead atoms. The average molecular weight is 386 g/mol. The quantitative estimate of drug-likeness (QED) is 0.878. The molecule has 1 saturated heterocycles. The summed E-state index contributed by atoms with van der Waals surface area (Å²) >= 11 is 1.12. The number of hydrogen-bond acceptors (Lipinski definition) is 4. The number of thiophene rings is 1. The van der Waals surface area contributed by atoms with Crippen LogP contribution < -0.4 is 5.32 Å². The Balaban J connectivity index is 1.73. The van der Waals surface area contributed by atoms with Crippen LogP contribution in [0.1, 0.15) is 12.8 Å². The van der Waals surface area contributed by atoms with Crippen LogP contribution in [-0.2, 0) is 14.8 Å². The second-order valence-corrected chi connectivity index (χ2v) is 8.86. The maximum Gasteiger partial charge on any atom is 0.252 e. The molecule has 2 aromatic rings. The molecule has 2 heterocycles. The third-order valence-corrected chi connectivity index (χ3v) is 7.27. The summed E-state index contributed by atoms with van der Waals surface area (Å²) in [6, 6.07) is 5.96. The van der Waals surface area contributed by atoms with E-state index in [1.165, 1.54) is 10.4 Å². The Hall–Kier alpha value is -1.84. The summed E-state index contributed by atoms with van der Waals surface area (Å²) in [5, 5.41) is 4.03. The van der Waals surface area contributed by atoms with Crippen LogP contribution in [0.3, 0.4) is 0 Å². The number of sulfonamides is 1. The standard InChI is InChI=1S/C16H16F2N2O3S2/c17-12-5-6-13(18)14(9-12)19-16(21)11-3-1-7-20(10-11)25(22,23)15-4-2-8-24-15/h2,4-6,8-9,11H,1,3,7,10H2,(H,19,21)/t11-/m1/s1. The highest BCUT2D eigenvalue weighted by molar-refractivity contribution is 7.91. The van der Waals surface area contributed by atoms with Gasteiger partial charge in [-0.25, -0.2) is 17.2 Å². The molecule has 9 heteroatoms. The van der Waals surface area contributed by atoms with Crippen LogP contribution in [-0.4, -0.2) is 31.7 Å². The van der Waals surface area contributed by atoms with Crippen molar-refractivity contribution in [3.05, 3.63) is 47.3 Å². The van der Waals surface area contributed by atoms with Crippen molar-refractivity contribution >= 4 is 33.0 Å². The van der Waals surface area contributed by atoms with Gasteiger partial charge < -0.3 is 5.32 Å². The Morgan fingerprint density at radius 2 is 2.08 bits per heavy atom. The number of carbonyl (C=O) groups excluding carboxylic acids is 1. The molecule has 25 heavy (non-hydrogen) atoms. The fourth-order valence-corrected chi connectivity index (χ4v) is 5.41. The van der Waals surface area contributed by atoms with E-state index in [0.717, 1.165) is 29.5 Å². The first-order chi connectivity index (χ1) is 11.9. The van der Waals surface area contributed by atoms with Crippen LogP contribution in [0.5, 0.6) is 0 Å². The first-order valence-electron chi connectivity index (χ1n) is 7.67. The molecule has 0 aliphatic carbocycles. The predicted molar refractivity (Wildman–Crippen MR) is 90.8 cm³/mol. The van der Waals surface area contributed by atoms with Crippen molar-refractivity contribution in [2.45, 2.75) is 17.1 Å². The topological polar surface area (TPSA) is 66.5 Å². The van der Waals surface area contributed by atoms with Crippen LogP contribution in [0.2, 0.25) is 0 Å². The molecule has 1 atom stereocenters. The predicted octanol–water partition coefficient (Wildman–Crippen LogP) is 3.07. The highest BCUT2D eigenvalue weighted by atomic mass is 32.2. The van der Waals surface area contributed by atoms with Gasteiger partial charge in [0.05, 0.1) is 11.6 Å². The molecule has 1 aromatic carbocycles. The van der Waals surface area contributed by atoms with E-state index in [-0.39, 0.29) is 16.4 Å². The van der Waals surface area contributed by atoms with Gasteiger partial charge in [-0.15, -0.1) is 11.3 Å². The summed E-state index contributed by atoms with van der Waals surface area (Å²) in [7, 11) is -3.64. The van der Waals surface area contributed by atoms with Gasteiger partial charge in [-0.1, -0.05) is 6.07 Å². The number of nitrogens with one attached hydrogen (secondary N) is 1. The monoisotopic (exact) mass is 386 g/mol. The van der Waals surface area contributed by atoms with Gasteiger partial charge in [-0.3, -0.25) is 4.79 Å². The zero-order valence-electron chi connectivity index (χ0n) is 13.1. The Kier molecular flexibility index (Phi) is 5.16. The average Bonchev–Trinajstić information content (AvgIpc) is 3.13. The number of halogens is 2. The Morgan fingerprint density at radius 3 is 2.80 bits per heavy atom. The van der Waals surface area contributed by atoms with E-state index in [9.17, 15) is 22.0 Å². The summed E-state index contributed by atoms with van der Waals surface area (Å²) in [5.41, 5.74) is -0.247. The normalized spacial score (nSPS) is 18.9. The van der Waals surface area contributed by atoms with Gasteiger partial charge in [0.1, 0.15) is 15.8 Å². The molecule has 5 nitrogen and oxygen atoms in total. The minimum Gasteiger partial charge on any atom is -0.323 e. The molecule has 0 radical (unpaired) electrons. The first kappa shape index (κ1) is 18.0. The molecular formula is C16H16F2N2O3S2. The number of amides is 1. The van der Waals surface area contributed by atoms with Crippen LogP contribution in [0.4, 0.5) is 14.5 Å². The highest BCUT2D eigenvalue weighted by Crippen LogP contribution is 2.27. The van der Waals surface area contributed by atoms with Crippen LogP contribution in [0.15, 0.2) is 39.9 Å². The Morgan fingerprint density at radius 1 is 1.28 bits per heavy atom. The number of carbonyl (C=O) groups is 1. The van der Waals surface area contributed by atoms with Gasteiger partial charge in [0.15, 0.2) is 0 Å². The number of anilines is 1. The molecule has 0 unspecified atom stereocenters. The van der Waals surface area contributed by atoms with E-state index in [2.05, 4.69) is 5.32 Å². The van der Waals surface area contributed by atoms with Crippen molar-refractivity contribution in [1.29, 1.82) is 0 Å². The molecule has 1 fully saturated rings. The molecule has 1 N–H and O–H groups in total. The molecule has 1 amide bonds. The zero-order valence-corrected chi connectivity index (χ0v) is 14.7. The van der Waals surface area contributed by atoms with E-state index in [0.29, 0.717) is 19.4 Å².